The highest BCUT2D eigenvalue weighted by molar-refractivity contribution is 5.89. The third kappa shape index (κ3) is 4.90. The van der Waals surface area contributed by atoms with Crippen molar-refractivity contribution >= 4 is 17.9 Å². The normalized spacial score (nSPS) is 17.6. The zero-order valence-electron chi connectivity index (χ0n) is 21.0. The van der Waals surface area contributed by atoms with Gasteiger partial charge < -0.3 is 9.84 Å². The summed E-state index contributed by atoms with van der Waals surface area (Å²) in [6.07, 6.45) is -1.56. The topological polar surface area (TPSA) is 92.6 Å². The highest BCUT2D eigenvalue weighted by Gasteiger charge is 2.47. The van der Waals surface area contributed by atoms with E-state index in [9.17, 15) is 14.7 Å². The molecule has 2 unspecified atom stereocenters. The van der Waals surface area contributed by atoms with Gasteiger partial charge in [-0.1, -0.05) is 80.4 Å². The van der Waals surface area contributed by atoms with Crippen molar-refractivity contribution in [1.29, 1.82) is 0 Å². The molecule has 35 heavy (non-hydrogen) atoms. The Morgan fingerprint density at radius 1 is 0.914 bits per heavy atom. The van der Waals surface area contributed by atoms with E-state index in [1.807, 2.05) is 83.1 Å². The largest absolute Gasteiger partial charge is 0.465 e. The molecular weight excluding hydrogens is 442 g/mol. The van der Waals surface area contributed by atoms with Crippen LogP contribution in [0, 0.1) is 19.3 Å². The van der Waals surface area contributed by atoms with Crippen LogP contribution in [0.4, 0.5) is 10.6 Å². The molecule has 1 aliphatic heterocycles. The predicted molar refractivity (Wildman–Crippen MR) is 135 cm³/mol. The van der Waals surface area contributed by atoms with Crippen LogP contribution in [0.3, 0.4) is 0 Å². The number of esters is 1. The molecule has 0 spiro atoms. The Hall–Kier alpha value is -3.74. The molecule has 1 amide bonds. The van der Waals surface area contributed by atoms with Crippen LogP contribution in [0.1, 0.15) is 44.5 Å². The highest BCUT2D eigenvalue weighted by Crippen LogP contribution is 2.41. The summed E-state index contributed by atoms with van der Waals surface area (Å²) in [4.78, 5) is 35.7. The van der Waals surface area contributed by atoms with Crippen LogP contribution in [0.25, 0.3) is 22.5 Å². The Balaban J connectivity index is 1.99. The van der Waals surface area contributed by atoms with Gasteiger partial charge in [-0.25, -0.2) is 14.8 Å². The molecule has 7 heteroatoms. The number of amides is 1. The molecule has 1 aliphatic rings. The van der Waals surface area contributed by atoms with Crippen LogP contribution < -0.4 is 4.90 Å². The molecule has 3 aromatic rings. The summed E-state index contributed by atoms with van der Waals surface area (Å²) in [5.74, 6) is -0.173. The van der Waals surface area contributed by atoms with Crippen LogP contribution in [-0.2, 0) is 16.0 Å². The zero-order chi connectivity index (χ0) is 25.5. The quantitative estimate of drug-likeness (QED) is 0.482. The molecule has 2 heterocycles. The molecule has 1 aromatic heterocycles. The second-order valence-corrected chi connectivity index (χ2v) is 10.2. The standard InChI is InChI=1S/C28H31N3O4/c1-16-7-11-19(12-8-16)23-24(20-13-9-17(2)10-14-20)30-26-21(29-23)15-22(35-18(3)32)25(28(4,5)6)31(26)27(33)34/h7-14,22,25H,15H2,1-6H3,(H,33,34). The van der Waals surface area contributed by atoms with Crippen LogP contribution in [0.5, 0.6) is 0 Å². The number of carbonyl (C=O) groups excluding carboxylic acids is 1. The molecular formula is C28H31N3O4. The van der Waals surface area contributed by atoms with Gasteiger partial charge >= 0.3 is 12.1 Å². The zero-order valence-corrected chi connectivity index (χ0v) is 21.0. The number of benzene rings is 2. The number of carbonyl (C=O) groups is 2. The molecule has 1 N–H and O–H groups in total. The van der Waals surface area contributed by atoms with Crippen LogP contribution in [-0.4, -0.2) is 39.3 Å². The van der Waals surface area contributed by atoms with E-state index in [0.717, 1.165) is 22.3 Å². The molecule has 4 rings (SSSR count). The Morgan fingerprint density at radius 2 is 1.40 bits per heavy atom. The number of nitrogens with zero attached hydrogens (tertiary/aromatic N) is 3. The van der Waals surface area contributed by atoms with Crippen molar-refractivity contribution in [3.05, 3.63) is 65.4 Å². The first-order valence-electron chi connectivity index (χ1n) is 11.7. The number of hydrogen-bond donors (Lipinski definition) is 1. The van der Waals surface area contributed by atoms with E-state index in [4.69, 9.17) is 14.7 Å². The number of fused-ring (bicyclic) bond motifs is 1. The van der Waals surface area contributed by atoms with Gasteiger partial charge in [0.25, 0.3) is 0 Å². The van der Waals surface area contributed by atoms with Crippen LogP contribution in [0.15, 0.2) is 48.5 Å². The maximum atomic E-state index is 12.6. The fraction of sp³-hybridized carbons (Fsp3) is 0.357. The summed E-state index contributed by atoms with van der Waals surface area (Å²) < 4.78 is 5.65. The van der Waals surface area contributed by atoms with Crippen molar-refractivity contribution in [2.75, 3.05) is 4.90 Å². The minimum Gasteiger partial charge on any atom is -0.465 e. The van der Waals surface area contributed by atoms with Gasteiger partial charge in [-0.2, -0.15) is 0 Å². The average Bonchev–Trinajstić information content (AvgIpc) is 2.77. The van der Waals surface area contributed by atoms with Gasteiger partial charge in [0.2, 0.25) is 0 Å². The number of ether oxygens (including phenoxy) is 1. The summed E-state index contributed by atoms with van der Waals surface area (Å²) in [6.45, 7) is 11.2. The molecule has 2 aromatic carbocycles. The Labute approximate surface area is 205 Å². The Morgan fingerprint density at radius 3 is 1.83 bits per heavy atom. The Bertz CT molecular complexity index is 1260. The fourth-order valence-electron chi connectivity index (χ4n) is 4.69. The van der Waals surface area contributed by atoms with Gasteiger partial charge in [0.15, 0.2) is 5.82 Å². The number of hydrogen-bond acceptors (Lipinski definition) is 5. The lowest BCUT2D eigenvalue weighted by Crippen LogP contribution is -2.58. The first-order valence-corrected chi connectivity index (χ1v) is 11.7. The number of rotatable bonds is 3. The van der Waals surface area contributed by atoms with E-state index in [0.29, 0.717) is 17.1 Å². The van der Waals surface area contributed by atoms with Crippen molar-refractivity contribution in [2.45, 2.75) is 60.1 Å². The van der Waals surface area contributed by atoms with Gasteiger partial charge in [0.1, 0.15) is 6.10 Å². The van der Waals surface area contributed by atoms with Crippen LogP contribution >= 0.6 is 0 Å². The van der Waals surface area contributed by atoms with Crippen molar-refractivity contribution in [1.82, 2.24) is 9.97 Å². The molecule has 2 atom stereocenters. The van der Waals surface area contributed by atoms with Crippen molar-refractivity contribution in [2.24, 2.45) is 5.41 Å². The Kier molecular flexibility index (Phi) is 6.36. The highest BCUT2D eigenvalue weighted by atomic mass is 16.5. The minimum atomic E-state index is -1.16. The summed E-state index contributed by atoms with van der Waals surface area (Å²) in [5.41, 5.74) is 5.21. The number of anilines is 1. The molecule has 0 aliphatic carbocycles. The lowest BCUT2D eigenvalue weighted by atomic mass is 9.79. The molecule has 0 saturated carbocycles. The maximum Gasteiger partial charge on any atom is 0.413 e. The smallest absolute Gasteiger partial charge is 0.413 e. The molecule has 7 nitrogen and oxygen atoms in total. The van der Waals surface area contributed by atoms with Gasteiger partial charge in [0.05, 0.1) is 23.1 Å². The van der Waals surface area contributed by atoms with E-state index in [1.54, 1.807) is 0 Å². The first kappa shape index (κ1) is 24.4. The lowest BCUT2D eigenvalue weighted by molar-refractivity contribution is -0.149. The van der Waals surface area contributed by atoms with Crippen molar-refractivity contribution in [3.8, 4) is 22.5 Å². The van der Waals surface area contributed by atoms with Crippen LogP contribution in [0.2, 0.25) is 0 Å². The second-order valence-electron chi connectivity index (χ2n) is 10.2. The second kappa shape index (κ2) is 9.13. The van der Waals surface area contributed by atoms with E-state index in [-0.39, 0.29) is 12.2 Å². The number of carboxylic acid groups (broad SMARTS) is 1. The monoisotopic (exact) mass is 473 g/mol. The summed E-state index contributed by atoms with van der Waals surface area (Å²) in [7, 11) is 0. The van der Waals surface area contributed by atoms with E-state index < -0.39 is 29.6 Å². The first-order chi connectivity index (χ1) is 16.5. The molecule has 0 fully saturated rings. The van der Waals surface area contributed by atoms with Crippen molar-refractivity contribution in [3.63, 3.8) is 0 Å². The summed E-state index contributed by atoms with van der Waals surface area (Å²) >= 11 is 0. The summed E-state index contributed by atoms with van der Waals surface area (Å²) in [5, 5.41) is 10.3. The molecule has 0 bridgehead atoms. The van der Waals surface area contributed by atoms with E-state index in [1.165, 1.54) is 11.8 Å². The van der Waals surface area contributed by atoms with Gasteiger partial charge in [-0.3, -0.25) is 9.69 Å². The number of aromatic nitrogens is 2. The SMILES string of the molecule is CC(=O)OC1Cc2nc(-c3ccc(C)cc3)c(-c3ccc(C)cc3)nc2N(C(=O)O)C1C(C)(C)C. The molecule has 0 saturated heterocycles. The minimum absolute atomic E-state index is 0.278. The fourth-order valence-corrected chi connectivity index (χ4v) is 4.69. The molecule has 182 valence electrons. The third-order valence-corrected chi connectivity index (χ3v) is 6.26. The summed E-state index contributed by atoms with van der Waals surface area (Å²) in [6, 6.07) is 15.3. The van der Waals surface area contributed by atoms with Crippen molar-refractivity contribution < 1.29 is 19.4 Å². The maximum absolute atomic E-state index is 12.6. The van der Waals surface area contributed by atoms with E-state index >= 15 is 0 Å². The average molecular weight is 474 g/mol. The third-order valence-electron chi connectivity index (χ3n) is 6.26. The van der Waals surface area contributed by atoms with Gasteiger partial charge in [0, 0.05) is 24.5 Å². The lowest BCUT2D eigenvalue weighted by Gasteiger charge is -2.45. The van der Waals surface area contributed by atoms with Gasteiger partial charge in [-0.05, 0) is 19.3 Å². The van der Waals surface area contributed by atoms with E-state index in [2.05, 4.69) is 0 Å². The molecule has 0 radical (unpaired) electrons. The van der Waals surface area contributed by atoms with Gasteiger partial charge in [-0.15, -0.1) is 0 Å². The predicted octanol–water partition coefficient (Wildman–Crippen LogP) is 5.81. The number of aryl methyl sites for hydroxylation is 2.